The van der Waals surface area contributed by atoms with Crippen molar-refractivity contribution in [3.63, 3.8) is 0 Å². The standard InChI is InChI=1S/C15H12O8/c1-6(2)12(17)10-7(3-4-16)11(15(22)23)9(14(20)21)5-8(10)13(18)19/h4-5H,1,3H2,2H3,(H,18,19)(H,20,21)(H,22,23). The molecule has 0 aromatic heterocycles. The number of carboxylic acid groups (broad SMARTS) is 3. The summed E-state index contributed by atoms with van der Waals surface area (Å²) in [6, 6.07) is 0.596. The van der Waals surface area contributed by atoms with E-state index in [9.17, 15) is 34.2 Å². The number of carbonyl (C=O) groups excluding carboxylic acids is 2. The lowest BCUT2D eigenvalue weighted by atomic mass is 9.86. The van der Waals surface area contributed by atoms with E-state index in [1.165, 1.54) is 6.92 Å². The normalized spacial score (nSPS) is 9.96. The molecular weight excluding hydrogens is 308 g/mol. The number of allylic oxidation sites excluding steroid dienone is 1. The maximum Gasteiger partial charge on any atom is 0.336 e. The quantitative estimate of drug-likeness (QED) is 0.387. The number of Topliss-reactive ketones (excluding diaryl/α,β-unsaturated/α-hetero) is 1. The number of rotatable bonds is 7. The molecule has 0 saturated carbocycles. The first-order chi connectivity index (χ1) is 10.6. The Morgan fingerprint density at radius 2 is 1.48 bits per heavy atom. The molecule has 0 aliphatic rings. The third-order valence-corrected chi connectivity index (χ3v) is 3.01. The fourth-order valence-corrected chi connectivity index (χ4v) is 2.08. The van der Waals surface area contributed by atoms with Gasteiger partial charge < -0.3 is 20.1 Å². The highest BCUT2D eigenvalue weighted by Crippen LogP contribution is 2.27. The van der Waals surface area contributed by atoms with Gasteiger partial charge in [-0.2, -0.15) is 0 Å². The highest BCUT2D eigenvalue weighted by atomic mass is 16.4. The zero-order chi connectivity index (χ0) is 17.9. The summed E-state index contributed by atoms with van der Waals surface area (Å²) < 4.78 is 0. The minimum atomic E-state index is -1.69. The van der Waals surface area contributed by atoms with Crippen molar-refractivity contribution in [2.45, 2.75) is 13.3 Å². The van der Waals surface area contributed by atoms with E-state index in [1.807, 2.05) is 0 Å². The Labute approximate surface area is 129 Å². The van der Waals surface area contributed by atoms with E-state index in [0.717, 1.165) is 0 Å². The fraction of sp³-hybridized carbons (Fsp3) is 0.133. The molecule has 0 bridgehead atoms. The van der Waals surface area contributed by atoms with Crippen LogP contribution in [-0.4, -0.2) is 45.3 Å². The number of hydrogen-bond donors (Lipinski definition) is 3. The van der Waals surface area contributed by atoms with Crippen LogP contribution in [0.3, 0.4) is 0 Å². The van der Waals surface area contributed by atoms with Gasteiger partial charge in [-0.05, 0) is 24.1 Å². The van der Waals surface area contributed by atoms with Gasteiger partial charge in [-0.3, -0.25) is 4.79 Å². The Morgan fingerprint density at radius 3 is 1.83 bits per heavy atom. The highest BCUT2D eigenvalue weighted by molar-refractivity contribution is 6.18. The second-order valence-corrected chi connectivity index (χ2v) is 4.60. The van der Waals surface area contributed by atoms with Crippen molar-refractivity contribution in [3.8, 4) is 0 Å². The average molecular weight is 320 g/mol. The van der Waals surface area contributed by atoms with E-state index in [2.05, 4.69) is 6.58 Å². The zero-order valence-electron chi connectivity index (χ0n) is 12.0. The number of carboxylic acids is 3. The molecule has 0 heterocycles. The topological polar surface area (TPSA) is 146 Å². The van der Waals surface area contributed by atoms with Gasteiger partial charge in [0.1, 0.15) is 6.29 Å². The SMILES string of the molecule is C=C(C)C(=O)c1c(C(=O)O)cc(C(=O)O)c(C(=O)O)c1CC=O. The molecule has 0 radical (unpaired) electrons. The minimum Gasteiger partial charge on any atom is -0.478 e. The molecule has 0 aliphatic carbocycles. The average Bonchev–Trinajstić information content (AvgIpc) is 2.44. The lowest BCUT2D eigenvalue weighted by Gasteiger charge is -2.15. The minimum absolute atomic E-state index is 0.0842. The van der Waals surface area contributed by atoms with Gasteiger partial charge in [0, 0.05) is 12.0 Å². The van der Waals surface area contributed by atoms with Crippen LogP contribution in [0.15, 0.2) is 18.2 Å². The molecule has 0 spiro atoms. The fourth-order valence-electron chi connectivity index (χ4n) is 2.08. The molecule has 0 amide bonds. The summed E-state index contributed by atoms with van der Waals surface area (Å²) in [6.45, 7) is 4.65. The third-order valence-electron chi connectivity index (χ3n) is 3.01. The summed E-state index contributed by atoms with van der Waals surface area (Å²) in [5.41, 5.74) is -3.39. The molecule has 23 heavy (non-hydrogen) atoms. The van der Waals surface area contributed by atoms with Gasteiger partial charge in [0.2, 0.25) is 0 Å². The van der Waals surface area contributed by atoms with Crippen LogP contribution in [0.1, 0.15) is 53.9 Å². The lowest BCUT2D eigenvalue weighted by Crippen LogP contribution is -2.21. The molecule has 8 nitrogen and oxygen atoms in total. The second-order valence-electron chi connectivity index (χ2n) is 4.60. The van der Waals surface area contributed by atoms with Crippen molar-refractivity contribution in [2.24, 2.45) is 0 Å². The van der Waals surface area contributed by atoms with Crippen LogP contribution in [0.5, 0.6) is 0 Å². The Bertz CT molecular complexity index is 757. The predicted octanol–water partition coefficient (Wildman–Crippen LogP) is 1.28. The van der Waals surface area contributed by atoms with E-state index in [4.69, 9.17) is 5.11 Å². The van der Waals surface area contributed by atoms with E-state index in [-0.39, 0.29) is 11.9 Å². The van der Waals surface area contributed by atoms with Crippen LogP contribution in [-0.2, 0) is 11.2 Å². The third kappa shape index (κ3) is 3.31. The van der Waals surface area contributed by atoms with Gasteiger partial charge in [-0.15, -0.1) is 0 Å². The summed E-state index contributed by atoms with van der Waals surface area (Å²) >= 11 is 0. The molecule has 0 fully saturated rings. The Balaban J connectivity index is 4.09. The van der Waals surface area contributed by atoms with Crippen LogP contribution in [0.25, 0.3) is 0 Å². The van der Waals surface area contributed by atoms with Gasteiger partial charge in [-0.1, -0.05) is 6.58 Å². The van der Waals surface area contributed by atoms with E-state index in [1.54, 1.807) is 0 Å². The summed E-state index contributed by atoms with van der Waals surface area (Å²) in [4.78, 5) is 57.0. The van der Waals surface area contributed by atoms with Crippen LogP contribution in [0.2, 0.25) is 0 Å². The molecular formula is C15H12O8. The molecule has 1 rings (SSSR count). The Hall–Kier alpha value is -3.29. The van der Waals surface area contributed by atoms with E-state index >= 15 is 0 Å². The van der Waals surface area contributed by atoms with E-state index in [0.29, 0.717) is 6.07 Å². The number of benzene rings is 1. The maximum atomic E-state index is 12.2. The number of carbonyl (C=O) groups is 5. The van der Waals surface area contributed by atoms with Gasteiger partial charge in [0.05, 0.1) is 16.7 Å². The van der Waals surface area contributed by atoms with Crippen LogP contribution in [0.4, 0.5) is 0 Å². The van der Waals surface area contributed by atoms with Crippen LogP contribution < -0.4 is 0 Å². The van der Waals surface area contributed by atoms with E-state index < -0.39 is 57.9 Å². The lowest BCUT2D eigenvalue weighted by molar-refractivity contribution is -0.107. The summed E-state index contributed by atoms with van der Waals surface area (Å²) in [7, 11) is 0. The molecule has 3 N–H and O–H groups in total. The molecule has 0 aliphatic heterocycles. The Morgan fingerprint density at radius 1 is 1.00 bits per heavy atom. The first-order valence-corrected chi connectivity index (χ1v) is 6.17. The molecule has 0 unspecified atom stereocenters. The highest BCUT2D eigenvalue weighted by Gasteiger charge is 2.30. The van der Waals surface area contributed by atoms with Crippen molar-refractivity contribution in [3.05, 3.63) is 46.0 Å². The van der Waals surface area contributed by atoms with Crippen molar-refractivity contribution in [2.75, 3.05) is 0 Å². The summed E-state index contributed by atoms with van der Waals surface area (Å²) in [6.07, 6.45) is -0.369. The van der Waals surface area contributed by atoms with Crippen LogP contribution in [0, 0.1) is 0 Å². The first kappa shape index (κ1) is 17.8. The molecule has 0 atom stereocenters. The largest absolute Gasteiger partial charge is 0.478 e. The summed E-state index contributed by atoms with van der Waals surface area (Å²) in [5.74, 6) is -5.88. The molecule has 1 aromatic carbocycles. The van der Waals surface area contributed by atoms with Gasteiger partial charge >= 0.3 is 17.9 Å². The van der Waals surface area contributed by atoms with Gasteiger partial charge in [0.25, 0.3) is 0 Å². The smallest absolute Gasteiger partial charge is 0.336 e. The predicted molar refractivity (Wildman–Crippen MR) is 76.2 cm³/mol. The zero-order valence-corrected chi connectivity index (χ0v) is 12.0. The molecule has 1 aromatic rings. The molecule has 0 saturated heterocycles. The number of hydrogen-bond acceptors (Lipinski definition) is 5. The number of aromatic carboxylic acids is 3. The molecule has 120 valence electrons. The number of aldehydes is 1. The van der Waals surface area contributed by atoms with Gasteiger partial charge in [0.15, 0.2) is 5.78 Å². The number of ketones is 1. The summed E-state index contributed by atoms with van der Waals surface area (Å²) in [5, 5.41) is 27.6. The van der Waals surface area contributed by atoms with Crippen molar-refractivity contribution < 1.29 is 39.3 Å². The maximum absolute atomic E-state index is 12.2. The first-order valence-electron chi connectivity index (χ1n) is 6.17. The molecule has 8 heteroatoms. The van der Waals surface area contributed by atoms with Crippen molar-refractivity contribution in [1.29, 1.82) is 0 Å². The second kappa shape index (κ2) is 6.65. The van der Waals surface area contributed by atoms with Crippen LogP contribution >= 0.6 is 0 Å². The Kier molecular flexibility index (Phi) is 5.13. The van der Waals surface area contributed by atoms with Gasteiger partial charge in [-0.25, -0.2) is 14.4 Å². The monoisotopic (exact) mass is 320 g/mol. The van der Waals surface area contributed by atoms with Crippen molar-refractivity contribution >= 4 is 30.0 Å². The van der Waals surface area contributed by atoms with Crippen molar-refractivity contribution in [1.82, 2.24) is 0 Å².